The van der Waals surface area contributed by atoms with Crippen LogP contribution >= 0.6 is 0 Å². The second-order valence-corrected chi connectivity index (χ2v) is 4.59. The summed E-state index contributed by atoms with van der Waals surface area (Å²) in [4.78, 5) is 10.4. The first-order chi connectivity index (χ1) is 7.28. The van der Waals surface area contributed by atoms with Gasteiger partial charge in [0.15, 0.2) is 0 Å². The van der Waals surface area contributed by atoms with Crippen molar-refractivity contribution in [3.05, 3.63) is 23.8 Å². The molecule has 0 atom stereocenters. The monoisotopic (exact) mass is 228 g/mol. The molecule has 0 aromatic rings. The number of carbonyl (C=O) groups is 1. The standard InChI is InChI=1S/C8H12O2.C5H12O/c1-3-5-7(6-4-2)8(9)10;1-5(2,3)4-6/h3,5-6H,4H2,1-2H3,(H,9,10);6H,4H2,1-3H3/b5-3-,7-6+;. The van der Waals surface area contributed by atoms with Crippen LogP contribution in [0.25, 0.3) is 0 Å². The van der Waals surface area contributed by atoms with E-state index in [2.05, 4.69) is 0 Å². The van der Waals surface area contributed by atoms with Crippen LogP contribution in [0.1, 0.15) is 41.0 Å². The number of allylic oxidation sites excluding steroid dienone is 2. The van der Waals surface area contributed by atoms with Gasteiger partial charge in [-0.1, -0.05) is 45.9 Å². The van der Waals surface area contributed by atoms with Crippen molar-refractivity contribution in [2.75, 3.05) is 6.61 Å². The Balaban J connectivity index is 0. The maximum atomic E-state index is 10.4. The molecule has 0 unspecified atom stereocenters. The number of rotatable bonds is 3. The van der Waals surface area contributed by atoms with Crippen molar-refractivity contribution in [2.45, 2.75) is 41.0 Å². The molecule has 3 nitrogen and oxygen atoms in total. The third-order valence-electron chi connectivity index (χ3n) is 1.49. The molecule has 3 heteroatoms. The molecule has 0 aromatic heterocycles. The molecule has 16 heavy (non-hydrogen) atoms. The maximum Gasteiger partial charge on any atom is 0.335 e. The first kappa shape index (κ1) is 17.3. The first-order valence-electron chi connectivity index (χ1n) is 5.45. The predicted molar refractivity (Wildman–Crippen MR) is 67.4 cm³/mol. The van der Waals surface area contributed by atoms with Gasteiger partial charge < -0.3 is 10.2 Å². The highest BCUT2D eigenvalue weighted by Gasteiger charge is 2.05. The van der Waals surface area contributed by atoms with Crippen molar-refractivity contribution in [1.82, 2.24) is 0 Å². The van der Waals surface area contributed by atoms with Crippen LogP contribution in [-0.2, 0) is 4.79 Å². The zero-order valence-corrected chi connectivity index (χ0v) is 10.9. The second-order valence-electron chi connectivity index (χ2n) is 4.59. The van der Waals surface area contributed by atoms with E-state index >= 15 is 0 Å². The van der Waals surface area contributed by atoms with Crippen molar-refractivity contribution >= 4 is 5.97 Å². The summed E-state index contributed by atoms with van der Waals surface area (Å²) in [5, 5.41) is 16.9. The van der Waals surface area contributed by atoms with Gasteiger partial charge in [0, 0.05) is 6.61 Å². The molecule has 0 saturated carbocycles. The molecule has 0 aromatic carbocycles. The lowest BCUT2D eigenvalue weighted by Crippen LogP contribution is -2.09. The molecule has 2 N–H and O–H groups in total. The van der Waals surface area contributed by atoms with Crippen molar-refractivity contribution < 1.29 is 15.0 Å². The van der Waals surface area contributed by atoms with Crippen molar-refractivity contribution in [3.8, 4) is 0 Å². The van der Waals surface area contributed by atoms with Crippen LogP contribution in [0.5, 0.6) is 0 Å². The Bertz CT molecular complexity index is 244. The minimum Gasteiger partial charge on any atom is -0.478 e. The molecule has 0 heterocycles. The predicted octanol–water partition coefficient (Wildman–Crippen LogP) is 3.01. The minimum atomic E-state index is -0.861. The second kappa shape index (κ2) is 9.16. The lowest BCUT2D eigenvalue weighted by atomic mass is 9.99. The summed E-state index contributed by atoms with van der Waals surface area (Å²) in [7, 11) is 0. The van der Waals surface area contributed by atoms with Gasteiger partial charge in [-0.05, 0) is 18.8 Å². The number of aliphatic hydroxyl groups is 1. The Morgan fingerprint density at radius 2 is 1.75 bits per heavy atom. The fourth-order valence-electron chi connectivity index (χ4n) is 0.626. The summed E-state index contributed by atoms with van der Waals surface area (Å²) in [5.74, 6) is -0.861. The van der Waals surface area contributed by atoms with E-state index in [0.717, 1.165) is 6.42 Å². The van der Waals surface area contributed by atoms with E-state index in [1.54, 1.807) is 25.2 Å². The maximum absolute atomic E-state index is 10.4. The van der Waals surface area contributed by atoms with E-state index in [4.69, 9.17) is 10.2 Å². The molecule has 0 rings (SSSR count). The SMILES string of the molecule is C/C=C\C(=C/CC)C(=O)O.CC(C)(C)CO. The molecule has 0 spiro atoms. The molecule has 0 fully saturated rings. The zero-order chi connectivity index (χ0) is 13.2. The normalized spacial score (nSPS) is 12.2. The van der Waals surface area contributed by atoms with Crippen LogP contribution in [0.3, 0.4) is 0 Å². The van der Waals surface area contributed by atoms with Gasteiger partial charge >= 0.3 is 5.97 Å². The lowest BCUT2D eigenvalue weighted by molar-refractivity contribution is -0.132. The lowest BCUT2D eigenvalue weighted by Gasteiger charge is -2.11. The van der Waals surface area contributed by atoms with E-state index in [-0.39, 0.29) is 12.0 Å². The van der Waals surface area contributed by atoms with Crippen molar-refractivity contribution in [2.24, 2.45) is 5.41 Å². The summed E-state index contributed by atoms with van der Waals surface area (Å²) < 4.78 is 0. The summed E-state index contributed by atoms with van der Waals surface area (Å²) >= 11 is 0. The minimum absolute atomic E-state index is 0.0972. The molecule has 0 saturated heterocycles. The quantitative estimate of drug-likeness (QED) is 0.576. The highest BCUT2D eigenvalue weighted by Crippen LogP contribution is 2.09. The van der Waals surface area contributed by atoms with Gasteiger partial charge in [0.1, 0.15) is 0 Å². The number of aliphatic hydroxyl groups excluding tert-OH is 1. The highest BCUT2D eigenvalue weighted by molar-refractivity contribution is 5.89. The van der Waals surface area contributed by atoms with E-state index in [1.807, 2.05) is 27.7 Å². The van der Waals surface area contributed by atoms with Gasteiger partial charge in [-0.25, -0.2) is 4.79 Å². The molecular weight excluding hydrogens is 204 g/mol. The summed E-state index contributed by atoms with van der Waals surface area (Å²) in [5.41, 5.74) is 0.463. The third kappa shape index (κ3) is 12.9. The summed E-state index contributed by atoms with van der Waals surface area (Å²) in [6.07, 6.45) is 5.75. The Labute approximate surface area is 98.5 Å². The van der Waals surface area contributed by atoms with Crippen LogP contribution in [0.4, 0.5) is 0 Å². The Hall–Kier alpha value is -1.09. The number of carboxylic acid groups (broad SMARTS) is 1. The highest BCUT2D eigenvalue weighted by atomic mass is 16.4. The molecule has 0 aliphatic carbocycles. The van der Waals surface area contributed by atoms with Crippen LogP contribution in [-0.4, -0.2) is 22.8 Å². The zero-order valence-electron chi connectivity index (χ0n) is 10.9. The number of hydrogen-bond acceptors (Lipinski definition) is 2. The van der Waals surface area contributed by atoms with Crippen LogP contribution in [0, 0.1) is 5.41 Å². The number of aliphatic carboxylic acids is 1. The average Bonchev–Trinajstić information content (AvgIpc) is 2.17. The first-order valence-corrected chi connectivity index (χ1v) is 5.45. The van der Waals surface area contributed by atoms with Crippen molar-refractivity contribution in [1.29, 1.82) is 0 Å². The Morgan fingerprint density at radius 3 is 1.94 bits per heavy atom. The van der Waals surface area contributed by atoms with Gasteiger partial charge in [-0.15, -0.1) is 0 Å². The topological polar surface area (TPSA) is 57.5 Å². The Morgan fingerprint density at radius 1 is 1.31 bits per heavy atom. The molecule has 0 aliphatic rings. The Kier molecular flexibility index (Phi) is 9.91. The largest absolute Gasteiger partial charge is 0.478 e. The molecule has 0 aliphatic heterocycles. The fraction of sp³-hybridized carbons (Fsp3) is 0.615. The van der Waals surface area contributed by atoms with Gasteiger partial charge in [0.25, 0.3) is 0 Å². The van der Waals surface area contributed by atoms with E-state index in [1.165, 1.54) is 0 Å². The summed E-state index contributed by atoms with van der Waals surface area (Å²) in [6, 6.07) is 0. The van der Waals surface area contributed by atoms with Gasteiger partial charge in [-0.2, -0.15) is 0 Å². The van der Waals surface area contributed by atoms with E-state index in [9.17, 15) is 4.79 Å². The molecule has 0 amide bonds. The molecule has 94 valence electrons. The average molecular weight is 228 g/mol. The molecular formula is C13H24O3. The van der Waals surface area contributed by atoms with Crippen LogP contribution < -0.4 is 0 Å². The van der Waals surface area contributed by atoms with E-state index in [0.29, 0.717) is 5.57 Å². The summed E-state index contributed by atoms with van der Waals surface area (Å²) in [6.45, 7) is 9.96. The van der Waals surface area contributed by atoms with Crippen molar-refractivity contribution in [3.63, 3.8) is 0 Å². The number of hydrogen-bond donors (Lipinski definition) is 2. The van der Waals surface area contributed by atoms with Gasteiger partial charge in [0.2, 0.25) is 0 Å². The molecule has 0 radical (unpaired) electrons. The third-order valence-corrected chi connectivity index (χ3v) is 1.49. The smallest absolute Gasteiger partial charge is 0.335 e. The van der Waals surface area contributed by atoms with E-state index < -0.39 is 5.97 Å². The fourth-order valence-corrected chi connectivity index (χ4v) is 0.626. The number of carboxylic acids is 1. The molecule has 0 bridgehead atoms. The van der Waals surface area contributed by atoms with Crippen LogP contribution in [0.2, 0.25) is 0 Å². The van der Waals surface area contributed by atoms with Gasteiger partial charge in [0.05, 0.1) is 5.57 Å². The van der Waals surface area contributed by atoms with Crippen LogP contribution in [0.15, 0.2) is 23.8 Å². The van der Waals surface area contributed by atoms with Gasteiger partial charge in [-0.3, -0.25) is 0 Å².